The lowest BCUT2D eigenvalue weighted by Gasteiger charge is -2.34. The van der Waals surface area contributed by atoms with E-state index < -0.39 is 0 Å². The normalized spacial score (nSPS) is 20.6. The Kier molecular flexibility index (Phi) is 3.86. The molecule has 1 aliphatic heterocycles. The van der Waals surface area contributed by atoms with Crippen LogP contribution < -0.4 is 0 Å². The van der Waals surface area contributed by atoms with Gasteiger partial charge in [0.1, 0.15) is 17.4 Å². The van der Waals surface area contributed by atoms with E-state index in [0.717, 1.165) is 30.3 Å². The summed E-state index contributed by atoms with van der Waals surface area (Å²) in [5.41, 5.74) is 4.20. The monoisotopic (exact) mass is 333 g/mol. The molecule has 1 saturated carbocycles. The Hall–Kier alpha value is -1.80. The molecule has 122 valence electrons. The van der Waals surface area contributed by atoms with Crippen molar-refractivity contribution >= 4 is 17.2 Å². The summed E-state index contributed by atoms with van der Waals surface area (Å²) in [6.45, 7) is 2.02. The maximum Gasteiger partial charge on any atom is 0.273 e. The Morgan fingerprint density at radius 3 is 3.04 bits per heavy atom. The van der Waals surface area contributed by atoms with Crippen molar-refractivity contribution in [2.75, 3.05) is 20.3 Å². The molecule has 0 radical (unpaired) electrons. The van der Waals surface area contributed by atoms with E-state index in [1.165, 1.54) is 24.2 Å². The Labute approximate surface area is 138 Å². The molecule has 4 rings (SSSR count). The van der Waals surface area contributed by atoms with Crippen molar-refractivity contribution in [1.82, 2.24) is 24.9 Å². The van der Waals surface area contributed by atoms with Gasteiger partial charge >= 0.3 is 0 Å². The Morgan fingerprint density at radius 1 is 1.48 bits per heavy atom. The first kappa shape index (κ1) is 14.8. The second-order valence-corrected chi connectivity index (χ2v) is 6.86. The van der Waals surface area contributed by atoms with Crippen molar-refractivity contribution in [2.24, 2.45) is 5.92 Å². The number of ether oxygens (including phenoxy) is 1. The lowest BCUT2D eigenvalue weighted by molar-refractivity contribution is 0.0485. The molecule has 0 N–H and O–H groups in total. The third-order valence-corrected chi connectivity index (χ3v) is 5.10. The minimum atomic E-state index is -0.189. The molecule has 1 fully saturated rings. The van der Waals surface area contributed by atoms with Gasteiger partial charge in [-0.05, 0) is 18.8 Å². The highest BCUT2D eigenvalue weighted by Gasteiger charge is 2.36. The molecular formula is C15H19N5O2S. The van der Waals surface area contributed by atoms with Gasteiger partial charge in [-0.25, -0.2) is 9.67 Å². The van der Waals surface area contributed by atoms with E-state index in [0.29, 0.717) is 18.8 Å². The van der Waals surface area contributed by atoms with Crippen molar-refractivity contribution in [1.29, 1.82) is 0 Å². The molecule has 2 aliphatic rings. The molecule has 3 heterocycles. The molecule has 7 nitrogen and oxygen atoms in total. The number of hydrogen-bond donors (Lipinski definition) is 0. The first-order chi connectivity index (χ1) is 11.3. The SMILES string of the molecule is COC[C@@H]1c2nnn(CC3CC3)c2CCN1C(=O)c1cscn1. The molecule has 2 aromatic rings. The summed E-state index contributed by atoms with van der Waals surface area (Å²) in [5, 5.41) is 10.5. The number of carbonyl (C=O) groups is 1. The van der Waals surface area contributed by atoms with Crippen molar-refractivity contribution in [3.05, 3.63) is 28.0 Å². The van der Waals surface area contributed by atoms with Crippen LogP contribution >= 0.6 is 11.3 Å². The molecule has 2 aromatic heterocycles. The number of aromatic nitrogens is 4. The zero-order valence-electron chi connectivity index (χ0n) is 13.0. The van der Waals surface area contributed by atoms with Gasteiger partial charge in [-0.3, -0.25) is 4.79 Å². The van der Waals surface area contributed by atoms with Gasteiger partial charge in [-0.15, -0.1) is 16.4 Å². The first-order valence-electron chi connectivity index (χ1n) is 7.88. The molecule has 0 bridgehead atoms. The molecule has 0 spiro atoms. The summed E-state index contributed by atoms with van der Waals surface area (Å²) < 4.78 is 7.38. The highest BCUT2D eigenvalue weighted by atomic mass is 32.1. The first-order valence-corrected chi connectivity index (χ1v) is 8.82. The van der Waals surface area contributed by atoms with Crippen LogP contribution in [-0.4, -0.2) is 51.0 Å². The smallest absolute Gasteiger partial charge is 0.273 e. The maximum absolute atomic E-state index is 12.7. The minimum Gasteiger partial charge on any atom is -0.382 e. The van der Waals surface area contributed by atoms with Crippen LogP contribution in [-0.2, 0) is 17.7 Å². The van der Waals surface area contributed by atoms with E-state index in [4.69, 9.17) is 4.74 Å². The van der Waals surface area contributed by atoms with Gasteiger partial charge in [0.15, 0.2) is 0 Å². The van der Waals surface area contributed by atoms with Crippen LogP contribution in [0.2, 0.25) is 0 Å². The molecule has 0 saturated heterocycles. The molecule has 1 aliphatic carbocycles. The fraction of sp³-hybridized carbons (Fsp3) is 0.600. The van der Waals surface area contributed by atoms with E-state index >= 15 is 0 Å². The standard InChI is InChI=1S/C15H19N5O2S/c1-22-7-13-14-12(20(18-17-14)6-10-2-3-10)4-5-19(13)15(21)11-8-23-9-16-11/h8-10,13H,2-7H2,1H3/t13-/m1/s1. The number of hydrogen-bond acceptors (Lipinski definition) is 6. The minimum absolute atomic E-state index is 0.0595. The number of thiazole rings is 1. The second-order valence-electron chi connectivity index (χ2n) is 6.14. The second kappa shape index (κ2) is 6.01. The van der Waals surface area contributed by atoms with Gasteiger partial charge in [0, 0.05) is 32.0 Å². The topological polar surface area (TPSA) is 73.1 Å². The van der Waals surface area contributed by atoms with Crippen molar-refractivity contribution in [2.45, 2.75) is 31.8 Å². The summed E-state index contributed by atoms with van der Waals surface area (Å²) in [4.78, 5) is 18.7. The van der Waals surface area contributed by atoms with Crippen LogP contribution in [0.15, 0.2) is 10.9 Å². The number of methoxy groups -OCH3 is 1. The Balaban J connectivity index is 1.62. The van der Waals surface area contributed by atoms with E-state index in [1.54, 1.807) is 18.0 Å². The van der Waals surface area contributed by atoms with Gasteiger partial charge in [-0.1, -0.05) is 5.21 Å². The highest BCUT2D eigenvalue weighted by Crippen LogP contribution is 2.34. The predicted octanol–water partition coefficient (Wildman–Crippen LogP) is 1.53. The molecule has 23 heavy (non-hydrogen) atoms. The summed E-state index contributed by atoms with van der Waals surface area (Å²) >= 11 is 1.43. The number of carbonyl (C=O) groups excluding carboxylic acids is 1. The summed E-state index contributed by atoms with van der Waals surface area (Å²) in [5.74, 6) is 0.687. The average Bonchev–Trinajstić information content (AvgIpc) is 3.05. The van der Waals surface area contributed by atoms with E-state index in [9.17, 15) is 4.79 Å². The molecule has 1 atom stereocenters. The number of rotatable bonds is 5. The van der Waals surface area contributed by atoms with Crippen LogP contribution in [0.4, 0.5) is 0 Å². The quantitative estimate of drug-likeness (QED) is 0.830. The van der Waals surface area contributed by atoms with Crippen molar-refractivity contribution in [3.8, 4) is 0 Å². The van der Waals surface area contributed by atoms with Crippen molar-refractivity contribution < 1.29 is 9.53 Å². The molecular weight excluding hydrogens is 314 g/mol. The van der Waals surface area contributed by atoms with Gasteiger partial charge < -0.3 is 9.64 Å². The average molecular weight is 333 g/mol. The molecule has 8 heteroatoms. The molecule has 1 amide bonds. The van der Waals surface area contributed by atoms with Crippen LogP contribution in [0, 0.1) is 5.92 Å². The summed E-state index contributed by atoms with van der Waals surface area (Å²) in [6, 6.07) is -0.189. The third-order valence-electron chi connectivity index (χ3n) is 4.51. The fourth-order valence-corrected chi connectivity index (χ4v) is 3.64. The highest BCUT2D eigenvalue weighted by molar-refractivity contribution is 7.07. The number of nitrogens with zero attached hydrogens (tertiary/aromatic N) is 5. The van der Waals surface area contributed by atoms with Crippen molar-refractivity contribution in [3.63, 3.8) is 0 Å². The van der Waals surface area contributed by atoms with Gasteiger partial charge in [0.05, 0.1) is 17.8 Å². The summed E-state index contributed by atoms with van der Waals surface area (Å²) in [6.07, 6.45) is 3.35. The van der Waals surface area contributed by atoms with E-state index in [-0.39, 0.29) is 11.9 Å². The zero-order chi connectivity index (χ0) is 15.8. The van der Waals surface area contributed by atoms with Gasteiger partial charge in [0.2, 0.25) is 0 Å². The largest absolute Gasteiger partial charge is 0.382 e. The third kappa shape index (κ3) is 2.76. The van der Waals surface area contributed by atoms with Crippen LogP contribution in [0.1, 0.15) is 40.8 Å². The Bertz CT molecular complexity index is 695. The van der Waals surface area contributed by atoms with Crippen LogP contribution in [0.25, 0.3) is 0 Å². The molecule has 0 aromatic carbocycles. The van der Waals surface area contributed by atoms with Gasteiger partial charge in [-0.2, -0.15) is 0 Å². The predicted molar refractivity (Wildman–Crippen MR) is 84.2 cm³/mol. The van der Waals surface area contributed by atoms with E-state index in [2.05, 4.69) is 15.3 Å². The van der Waals surface area contributed by atoms with E-state index in [1.807, 2.05) is 9.58 Å². The fourth-order valence-electron chi connectivity index (χ4n) is 3.12. The van der Waals surface area contributed by atoms with Gasteiger partial charge in [0.25, 0.3) is 5.91 Å². The zero-order valence-corrected chi connectivity index (χ0v) is 13.8. The Morgan fingerprint density at radius 2 is 2.35 bits per heavy atom. The lowest BCUT2D eigenvalue weighted by atomic mass is 10.0. The van der Waals surface area contributed by atoms with Crippen LogP contribution in [0.5, 0.6) is 0 Å². The number of fused-ring (bicyclic) bond motifs is 1. The molecule has 0 unspecified atom stereocenters. The summed E-state index contributed by atoms with van der Waals surface area (Å²) in [7, 11) is 1.65. The van der Waals surface area contributed by atoms with Crippen LogP contribution in [0.3, 0.4) is 0 Å². The number of amides is 1. The maximum atomic E-state index is 12.7. The lowest BCUT2D eigenvalue weighted by Crippen LogP contribution is -2.42.